The van der Waals surface area contributed by atoms with Crippen molar-refractivity contribution in [3.8, 4) is 0 Å². The Morgan fingerprint density at radius 2 is 1.60 bits per heavy atom. The molecule has 2 aromatic rings. The average molecular weight is 269 g/mol. The monoisotopic (exact) mass is 269 g/mol. The van der Waals surface area contributed by atoms with Crippen molar-refractivity contribution in [1.82, 2.24) is 5.32 Å². The quantitative estimate of drug-likeness (QED) is 0.839. The molecule has 0 aromatic heterocycles. The highest BCUT2D eigenvalue weighted by Crippen LogP contribution is 2.19. The van der Waals surface area contributed by atoms with E-state index in [0.29, 0.717) is 0 Å². The molecule has 0 bridgehead atoms. The Morgan fingerprint density at radius 1 is 0.950 bits per heavy atom. The van der Waals surface area contributed by atoms with Crippen LogP contribution in [0.15, 0.2) is 54.6 Å². The fraction of sp³-hybridized carbons (Fsp3) is 0.333. The van der Waals surface area contributed by atoms with E-state index in [1.165, 1.54) is 11.1 Å². The minimum absolute atomic E-state index is 0.0305. The number of aryl methyl sites for hydroxylation is 1. The molecule has 0 heterocycles. The molecule has 0 aliphatic carbocycles. The molecule has 2 nitrogen and oxygen atoms in total. The number of benzene rings is 2. The molecule has 0 aliphatic heterocycles. The van der Waals surface area contributed by atoms with E-state index in [4.69, 9.17) is 0 Å². The zero-order valence-electron chi connectivity index (χ0n) is 12.2. The van der Waals surface area contributed by atoms with Gasteiger partial charge >= 0.3 is 0 Å². The summed E-state index contributed by atoms with van der Waals surface area (Å²) in [6.45, 7) is 4.39. The summed E-state index contributed by atoms with van der Waals surface area (Å²) < 4.78 is 0. The first kappa shape index (κ1) is 14.8. The Bertz CT molecular complexity index is 507. The van der Waals surface area contributed by atoms with E-state index in [1.807, 2.05) is 30.3 Å². The van der Waals surface area contributed by atoms with Crippen LogP contribution in [0.25, 0.3) is 0 Å². The molecule has 20 heavy (non-hydrogen) atoms. The molecule has 106 valence electrons. The Labute approximate surface area is 121 Å². The third kappa shape index (κ3) is 3.69. The van der Waals surface area contributed by atoms with Crippen LogP contribution in [0.4, 0.5) is 0 Å². The predicted molar refractivity (Wildman–Crippen MR) is 83.6 cm³/mol. The number of aliphatic hydroxyl groups is 1. The SMILES string of the molecule is CCc1ccc(C(C)N[C@@H](CO)c2ccccc2)cc1. The zero-order chi connectivity index (χ0) is 14.4. The van der Waals surface area contributed by atoms with Gasteiger partial charge in [-0.15, -0.1) is 0 Å². The third-order valence-electron chi connectivity index (χ3n) is 3.72. The average Bonchev–Trinajstić information content (AvgIpc) is 2.53. The predicted octanol–water partition coefficient (Wildman–Crippen LogP) is 3.63. The standard InChI is InChI=1S/C18H23NO/c1-3-15-9-11-16(12-10-15)14(2)19-18(13-20)17-7-5-4-6-8-17/h4-12,14,18-20H,3,13H2,1-2H3/t14?,18-/m0/s1. The second-order valence-electron chi connectivity index (χ2n) is 5.13. The molecule has 2 heteroatoms. The first-order chi connectivity index (χ1) is 9.74. The van der Waals surface area contributed by atoms with Gasteiger partial charge < -0.3 is 10.4 Å². The van der Waals surface area contributed by atoms with Gasteiger partial charge in [0.1, 0.15) is 0 Å². The van der Waals surface area contributed by atoms with E-state index < -0.39 is 0 Å². The van der Waals surface area contributed by atoms with Crippen LogP contribution < -0.4 is 5.32 Å². The maximum absolute atomic E-state index is 9.59. The number of hydrogen-bond donors (Lipinski definition) is 2. The molecular weight excluding hydrogens is 246 g/mol. The Kier molecular flexibility index (Phi) is 5.33. The molecule has 0 aliphatic rings. The molecular formula is C18H23NO. The topological polar surface area (TPSA) is 32.3 Å². The maximum Gasteiger partial charge on any atom is 0.0626 e. The van der Waals surface area contributed by atoms with Gasteiger partial charge in [0.25, 0.3) is 0 Å². The van der Waals surface area contributed by atoms with Crippen molar-refractivity contribution in [2.45, 2.75) is 32.4 Å². The van der Waals surface area contributed by atoms with Crippen LogP contribution in [-0.4, -0.2) is 11.7 Å². The Balaban J connectivity index is 2.06. The van der Waals surface area contributed by atoms with E-state index in [9.17, 15) is 5.11 Å². The maximum atomic E-state index is 9.59. The van der Waals surface area contributed by atoms with Crippen LogP contribution in [0, 0.1) is 0 Å². The second kappa shape index (κ2) is 7.22. The van der Waals surface area contributed by atoms with Crippen LogP contribution in [0.1, 0.15) is 42.6 Å². The van der Waals surface area contributed by atoms with Gasteiger partial charge in [-0.2, -0.15) is 0 Å². The number of nitrogens with one attached hydrogen (secondary N) is 1. The van der Waals surface area contributed by atoms with Crippen molar-refractivity contribution >= 4 is 0 Å². The Morgan fingerprint density at radius 3 is 2.15 bits per heavy atom. The van der Waals surface area contributed by atoms with Crippen LogP contribution in [0.5, 0.6) is 0 Å². The van der Waals surface area contributed by atoms with E-state index in [0.717, 1.165) is 12.0 Å². The Hall–Kier alpha value is -1.64. The molecule has 0 fully saturated rings. The summed E-state index contributed by atoms with van der Waals surface area (Å²) in [5.41, 5.74) is 3.71. The summed E-state index contributed by atoms with van der Waals surface area (Å²) in [5, 5.41) is 13.1. The largest absolute Gasteiger partial charge is 0.394 e. The molecule has 0 saturated heterocycles. The molecule has 2 atom stereocenters. The number of hydrogen-bond acceptors (Lipinski definition) is 2. The van der Waals surface area contributed by atoms with Crippen LogP contribution >= 0.6 is 0 Å². The van der Waals surface area contributed by atoms with Crippen molar-refractivity contribution < 1.29 is 5.11 Å². The smallest absolute Gasteiger partial charge is 0.0626 e. The summed E-state index contributed by atoms with van der Waals surface area (Å²) in [6.07, 6.45) is 1.06. The van der Waals surface area contributed by atoms with Crippen molar-refractivity contribution in [2.24, 2.45) is 0 Å². The van der Waals surface area contributed by atoms with Crippen molar-refractivity contribution in [3.05, 3.63) is 71.3 Å². The molecule has 1 unspecified atom stereocenters. The van der Waals surface area contributed by atoms with Gasteiger partial charge in [-0.1, -0.05) is 61.5 Å². The highest BCUT2D eigenvalue weighted by Gasteiger charge is 2.14. The molecule has 2 N–H and O–H groups in total. The van der Waals surface area contributed by atoms with Gasteiger partial charge in [-0.3, -0.25) is 0 Å². The van der Waals surface area contributed by atoms with E-state index in [1.54, 1.807) is 0 Å². The minimum atomic E-state index is -0.0305. The van der Waals surface area contributed by atoms with Crippen molar-refractivity contribution in [1.29, 1.82) is 0 Å². The summed E-state index contributed by atoms with van der Waals surface area (Å²) in [6, 6.07) is 18.9. The normalized spacial score (nSPS) is 13.9. The fourth-order valence-electron chi connectivity index (χ4n) is 2.38. The van der Waals surface area contributed by atoms with E-state index in [2.05, 4.69) is 43.4 Å². The lowest BCUT2D eigenvalue weighted by molar-refractivity contribution is 0.235. The molecule has 2 aromatic carbocycles. The van der Waals surface area contributed by atoms with E-state index in [-0.39, 0.29) is 18.7 Å². The van der Waals surface area contributed by atoms with Gasteiger partial charge in [-0.25, -0.2) is 0 Å². The lowest BCUT2D eigenvalue weighted by Crippen LogP contribution is -2.27. The number of aliphatic hydroxyl groups excluding tert-OH is 1. The van der Waals surface area contributed by atoms with Gasteiger partial charge in [0.2, 0.25) is 0 Å². The zero-order valence-corrected chi connectivity index (χ0v) is 12.2. The van der Waals surface area contributed by atoms with Gasteiger partial charge in [-0.05, 0) is 30.0 Å². The summed E-state index contributed by atoms with van der Waals surface area (Å²) >= 11 is 0. The molecule has 2 rings (SSSR count). The van der Waals surface area contributed by atoms with Crippen LogP contribution in [0.2, 0.25) is 0 Å². The lowest BCUT2D eigenvalue weighted by atomic mass is 10.0. The first-order valence-corrected chi connectivity index (χ1v) is 7.25. The number of rotatable bonds is 6. The second-order valence-corrected chi connectivity index (χ2v) is 5.13. The summed E-state index contributed by atoms with van der Waals surface area (Å²) in [5.74, 6) is 0. The molecule has 0 saturated carbocycles. The van der Waals surface area contributed by atoms with Crippen molar-refractivity contribution in [3.63, 3.8) is 0 Å². The third-order valence-corrected chi connectivity index (χ3v) is 3.72. The van der Waals surface area contributed by atoms with Gasteiger partial charge in [0.05, 0.1) is 12.6 Å². The molecule has 0 amide bonds. The minimum Gasteiger partial charge on any atom is -0.394 e. The fourth-order valence-corrected chi connectivity index (χ4v) is 2.38. The van der Waals surface area contributed by atoms with Crippen LogP contribution in [0.3, 0.4) is 0 Å². The van der Waals surface area contributed by atoms with Crippen molar-refractivity contribution in [2.75, 3.05) is 6.61 Å². The lowest BCUT2D eigenvalue weighted by Gasteiger charge is -2.22. The summed E-state index contributed by atoms with van der Waals surface area (Å²) in [4.78, 5) is 0. The summed E-state index contributed by atoms with van der Waals surface area (Å²) in [7, 11) is 0. The van der Waals surface area contributed by atoms with E-state index >= 15 is 0 Å². The highest BCUT2D eigenvalue weighted by molar-refractivity contribution is 5.26. The molecule has 0 spiro atoms. The highest BCUT2D eigenvalue weighted by atomic mass is 16.3. The van der Waals surface area contributed by atoms with Gasteiger partial charge in [0.15, 0.2) is 0 Å². The first-order valence-electron chi connectivity index (χ1n) is 7.25. The molecule has 0 radical (unpaired) electrons. The van der Waals surface area contributed by atoms with Crippen LogP contribution in [-0.2, 0) is 6.42 Å². The van der Waals surface area contributed by atoms with Gasteiger partial charge in [0, 0.05) is 6.04 Å².